The van der Waals surface area contributed by atoms with Crippen LogP contribution in [0.25, 0.3) is 10.9 Å². The fraction of sp³-hybridized carbons (Fsp3) is 0.524. The molecule has 0 radical (unpaired) electrons. The molecule has 1 aliphatic carbocycles. The summed E-state index contributed by atoms with van der Waals surface area (Å²) in [5.41, 5.74) is 5.34. The SMILES string of the molecule is C#CCc1cc(C)c2[nH]ccc2c1CN1CCC(C2CC2)CC1. The molecule has 2 aliphatic rings. The topological polar surface area (TPSA) is 19.0 Å². The molecule has 4 rings (SSSR count). The lowest BCUT2D eigenvalue weighted by Crippen LogP contribution is -2.34. The molecule has 0 unspecified atom stereocenters. The number of nitrogens with one attached hydrogen (secondary N) is 1. The van der Waals surface area contributed by atoms with Crippen LogP contribution in [-0.4, -0.2) is 23.0 Å². The Labute approximate surface area is 139 Å². The maximum atomic E-state index is 5.62. The van der Waals surface area contributed by atoms with Crippen LogP contribution in [-0.2, 0) is 13.0 Å². The van der Waals surface area contributed by atoms with Gasteiger partial charge in [0.1, 0.15) is 0 Å². The predicted molar refractivity (Wildman–Crippen MR) is 96.3 cm³/mol. The summed E-state index contributed by atoms with van der Waals surface area (Å²) in [4.78, 5) is 6.03. The molecular formula is C21H26N2. The first-order valence-electron chi connectivity index (χ1n) is 9.00. The van der Waals surface area contributed by atoms with E-state index in [2.05, 4.69) is 41.1 Å². The van der Waals surface area contributed by atoms with Gasteiger partial charge in [-0.15, -0.1) is 12.3 Å². The zero-order valence-corrected chi connectivity index (χ0v) is 14.1. The Balaban J connectivity index is 1.58. The third-order valence-electron chi connectivity index (χ3n) is 5.84. The van der Waals surface area contributed by atoms with Gasteiger partial charge in [-0.3, -0.25) is 4.90 Å². The smallest absolute Gasteiger partial charge is 0.0487 e. The normalized spacial score (nSPS) is 20.0. The van der Waals surface area contributed by atoms with Crippen molar-refractivity contribution in [2.75, 3.05) is 13.1 Å². The third kappa shape index (κ3) is 2.91. The van der Waals surface area contributed by atoms with Crippen LogP contribution in [0.2, 0.25) is 0 Å². The monoisotopic (exact) mass is 306 g/mol. The predicted octanol–water partition coefficient (Wildman–Crippen LogP) is 4.27. The number of hydrogen-bond acceptors (Lipinski definition) is 1. The first kappa shape index (κ1) is 14.8. The average molecular weight is 306 g/mol. The van der Waals surface area contributed by atoms with Crippen molar-refractivity contribution >= 4 is 10.9 Å². The molecule has 0 atom stereocenters. The number of piperidine rings is 1. The van der Waals surface area contributed by atoms with E-state index in [0.717, 1.165) is 24.8 Å². The number of fused-ring (bicyclic) bond motifs is 1. The van der Waals surface area contributed by atoms with E-state index in [1.165, 1.54) is 66.4 Å². The van der Waals surface area contributed by atoms with Crippen molar-refractivity contribution < 1.29 is 0 Å². The van der Waals surface area contributed by atoms with E-state index < -0.39 is 0 Å². The van der Waals surface area contributed by atoms with E-state index in [1.807, 2.05) is 0 Å². The maximum absolute atomic E-state index is 5.62. The number of aryl methyl sites for hydroxylation is 1. The zero-order valence-electron chi connectivity index (χ0n) is 14.1. The summed E-state index contributed by atoms with van der Waals surface area (Å²) < 4.78 is 0. The van der Waals surface area contributed by atoms with Gasteiger partial charge in [-0.05, 0) is 80.3 Å². The summed E-state index contributed by atoms with van der Waals surface area (Å²) in [5, 5.41) is 1.36. The lowest BCUT2D eigenvalue weighted by molar-refractivity contribution is 0.166. The molecule has 2 heterocycles. The van der Waals surface area contributed by atoms with Crippen LogP contribution < -0.4 is 0 Å². The van der Waals surface area contributed by atoms with E-state index in [-0.39, 0.29) is 0 Å². The second kappa shape index (κ2) is 6.06. The number of likely N-dealkylation sites (tertiary alicyclic amines) is 1. The minimum absolute atomic E-state index is 0.732. The molecule has 0 bridgehead atoms. The average Bonchev–Trinajstić information content (AvgIpc) is 3.28. The maximum Gasteiger partial charge on any atom is 0.0487 e. The molecule has 0 spiro atoms. The van der Waals surface area contributed by atoms with E-state index in [4.69, 9.17) is 6.42 Å². The number of aromatic nitrogens is 1. The quantitative estimate of drug-likeness (QED) is 0.836. The molecule has 1 N–H and O–H groups in total. The molecule has 1 saturated heterocycles. The molecule has 1 aliphatic heterocycles. The highest BCUT2D eigenvalue weighted by Crippen LogP contribution is 2.42. The Bertz CT molecular complexity index is 737. The second-order valence-electron chi connectivity index (χ2n) is 7.43. The van der Waals surface area contributed by atoms with Crippen LogP contribution in [0.15, 0.2) is 18.3 Å². The van der Waals surface area contributed by atoms with Gasteiger partial charge in [0, 0.05) is 30.1 Å². The van der Waals surface area contributed by atoms with Crippen molar-refractivity contribution in [1.82, 2.24) is 9.88 Å². The third-order valence-corrected chi connectivity index (χ3v) is 5.84. The van der Waals surface area contributed by atoms with Crippen molar-refractivity contribution in [2.45, 2.75) is 45.6 Å². The molecule has 0 amide bonds. The zero-order chi connectivity index (χ0) is 15.8. The van der Waals surface area contributed by atoms with Crippen molar-refractivity contribution in [3.8, 4) is 12.3 Å². The molecular weight excluding hydrogens is 280 g/mol. The van der Waals surface area contributed by atoms with Gasteiger partial charge in [-0.25, -0.2) is 0 Å². The van der Waals surface area contributed by atoms with E-state index in [9.17, 15) is 0 Å². The van der Waals surface area contributed by atoms with Crippen LogP contribution in [0.1, 0.15) is 42.4 Å². The number of aromatic amines is 1. The highest BCUT2D eigenvalue weighted by atomic mass is 15.1. The van der Waals surface area contributed by atoms with Crippen LogP contribution in [0.5, 0.6) is 0 Å². The molecule has 2 aromatic rings. The number of terminal acetylenes is 1. The second-order valence-corrected chi connectivity index (χ2v) is 7.43. The van der Waals surface area contributed by atoms with Gasteiger partial charge in [0.05, 0.1) is 0 Å². The van der Waals surface area contributed by atoms with E-state index in [0.29, 0.717) is 0 Å². The molecule has 1 aromatic heterocycles. The van der Waals surface area contributed by atoms with Gasteiger partial charge in [0.2, 0.25) is 0 Å². The van der Waals surface area contributed by atoms with Gasteiger partial charge < -0.3 is 4.98 Å². The van der Waals surface area contributed by atoms with Gasteiger partial charge in [0.15, 0.2) is 0 Å². The number of hydrogen-bond donors (Lipinski definition) is 1. The molecule has 2 fully saturated rings. The van der Waals surface area contributed by atoms with Crippen LogP contribution in [0.3, 0.4) is 0 Å². The van der Waals surface area contributed by atoms with E-state index >= 15 is 0 Å². The Morgan fingerprint density at radius 3 is 2.65 bits per heavy atom. The standard InChI is InChI=1S/C21H26N2/c1-3-4-18-13-15(2)21-19(7-10-22-21)20(18)14-23-11-8-17(9-12-23)16-5-6-16/h1,7,10,13,16-17,22H,4-6,8-9,11-12,14H2,2H3. The minimum atomic E-state index is 0.732. The molecule has 23 heavy (non-hydrogen) atoms. The highest BCUT2D eigenvalue weighted by molar-refractivity contribution is 5.87. The largest absolute Gasteiger partial charge is 0.361 e. The summed E-state index contributed by atoms with van der Waals surface area (Å²) >= 11 is 0. The molecule has 1 aromatic carbocycles. The summed E-state index contributed by atoms with van der Waals surface area (Å²) in [6, 6.07) is 4.50. The van der Waals surface area contributed by atoms with Gasteiger partial charge >= 0.3 is 0 Å². The highest BCUT2D eigenvalue weighted by Gasteiger charge is 2.33. The lowest BCUT2D eigenvalue weighted by Gasteiger charge is -2.32. The molecule has 120 valence electrons. The molecule has 1 saturated carbocycles. The summed E-state index contributed by atoms with van der Waals surface area (Å²) in [6.07, 6.45) is 14.1. The Kier molecular flexibility index (Phi) is 3.91. The fourth-order valence-corrected chi connectivity index (χ4v) is 4.37. The number of rotatable bonds is 4. The molecule has 2 heteroatoms. The molecule has 2 nitrogen and oxygen atoms in total. The van der Waals surface area contributed by atoms with Gasteiger partial charge in [0.25, 0.3) is 0 Å². The lowest BCUT2D eigenvalue weighted by atomic mass is 9.91. The minimum Gasteiger partial charge on any atom is -0.361 e. The van der Waals surface area contributed by atoms with Gasteiger partial charge in [-0.2, -0.15) is 0 Å². The number of benzene rings is 1. The summed E-state index contributed by atoms with van der Waals surface area (Å²) in [5.74, 6) is 4.91. The van der Waals surface area contributed by atoms with Crippen LogP contribution in [0, 0.1) is 31.1 Å². The Hall–Kier alpha value is -1.72. The Morgan fingerprint density at radius 2 is 1.96 bits per heavy atom. The summed E-state index contributed by atoms with van der Waals surface area (Å²) in [6.45, 7) is 5.71. The number of H-pyrrole nitrogens is 1. The Morgan fingerprint density at radius 1 is 1.22 bits per heavy atom. The van der Waals surface area contributed by atoms with Crippen LogP contribution in [0.4, 0.5) is 0 Å². The van der Waals surface area contributed by atoms with Crippen molar-refractivity contribution in [3.63, 3.8) is 0 Å². The number of nitrogens with zero attached hydrogens (tertiary/aromatic N) is 1. The summed E-state index contributed by atoms with van der Waals surface area (Å²) in [7, 11) is 0. The fourth-order valence-electron chi connectivity index (χ4n) is 4.37. The van der Waals surface area contributed by atoms with Gasteiger partial charge in [-0.1, -0.05) is 6.07 Å². The van der Waals surface area contributed by atoms with Crippen molar-refractivity contribution in [2.24, 2.45) is 11.8 Å². The van der Waals surface area contributed by atoms with E-state index in [1.54, 1.807) is 0 Å². The van der Waals surface area contributed by atoms with Crippen molar-refractivity contribution in [1.29, 1.82) is 0 Å². The first-order valence-corrected chi connectivity index (χ1v) is 9.00. The first-order chi connectivity index (χ1) is 11.3. The van der Waals surface area contributed by atoms with Crippen LogP contribution >= 0.6 is 0 Å². The van der Waals surface area contributed by atoms with Crippen molar-refractivity contribution in [3.05, 3.63) is 35.0 Å².